The molecule has 0 aliphatic carbocycles. The van der Waals surface area contributed by atoms with Crippen molar-refractivity contribution in [2.24, 2.45) is 4.99 Å². The highest BCUT2D eigenvalue weighted by atomic mass is 15.4. The zero-order chi connectivity index (χ0) is 18.8. The lowest BCUT2D eigenvalue weighted by molar-refractivity contribution is 0.791. The van der Waals surface area contributed by atoms with E-state index in [1.807, 2.05) is 89.7 Å². The van der Waals surface area contributed by atoms with Gasteiger partial charge in [-0.2, -0.15) is 5.10 Å². The van der Waals surface area contributed by atoms with Crippen LogP contribution in [0.3, 0.4) is 0 Å². The molecule has 0 bridgehead atoms. The number of amidine groups is 1. The minimum Gasteiger partial charge on any atom is -0.344 e. The molecule has 28 heavy (non-hydrogen) atoms. The van der Waals surface area contributed by atoms with E-state index in [1.165, 1.54) is 0 Å². The van der Waals surface area contributed by atoms with Crippen molar-refractivity contribution in [2.75, 3.05) is 10.6 Å². The van der Waals surface area contributed by atoms with Crippen molar-refractivity contribution in [2.45, 2.75) is 6.17 Å². The van der Waals surface area contributed by atoms with Crippen LogP contribution in [-0.4, -0.2) is 15.6 Å². The molecule has 0 fully saturated rings. The second-order valence-corrected chi connectivity index (χ2v) is 6.58. The lowest BCUT2D eigenvalue weighted by Crippen LogP contribution is -2.25. The van der Waals surface area contributed by atoms with Gasteiger partial charge >= 0.3 is 0 Å². The highest BCUT2D eigenvalue weighted by Crippen LogP contribution is 2.31. The number of hydrogen-bond donors (Lipinski definition) is 2. The molecule has 0 spiro atoms. The topological polar surface area (TPSA) is 54.2 Å². The first-order valence-corrected chi connectivity index (χ1v) is 9.24. The van der Waals surface area contributed by atoms with E-state index in [-0.39, 0.29) is 6.17 Å². The molecule has 3 aromatic carbocycles. The van der Waals surface area contributed by atoms with Crippen molar-refractivity contribution in [3.63, 3.8) is 0 Å². The second-order valence-electron chi connectivity index (χ2n) is 6.58. The summed E-state index contributed by atoms with van der Waals surface area (Å²) in [6.45, 7) is 0. The van der Waals surface area contributed by atoms with Gasteiger partial charge in [-0.3, -0.25) is 0 Å². The van der Waals surface area contributed by atoms with E-state index < -0.39 is 0 Å². The number of aliphatic imine (C=N–C) groups is 1. The SMILES string of the molecule is c1ccc(NC2=N[C@@H](c3ccccc3)Nc3c2cnn3-c2ccccc2)cc1. The van der Waals surface area contributed by atoms with Crippen molar-refractivity contribution in [3.8, 4) is 5.69 Å². The Kier molecular flexibility index (Phi) is 4.10. The number of nitrogens with one attached hydrogen (secondary N) is 2. The third-order valence-electron chi connectivity index (χ3n) is 4.71. The predicted octanol–water partition coefficient (Wildman–Crippen LogP) is 4.86. The van der Waals surface area contributed by atoms with Crippen molar-refractivity contribution < 1.29 is 0 Å². The molecule has 0 saturated carbocycles. The first kappa shape index (κ1) is 16.3. The molecule has 136 valence electrons. The fourth-order valence-electron chi connectivity index (χ4n) is 3.34. The average Bonchev–Trinajstić information content (AvgIpc) is 3.20. The maximum Gasteiger partial charge on any atom is 0.148 e. The number of rotatable bonds is 3. The quantitative estimate of drug-likeness (QED) is 0.545. The van der Waals surface area contributed by atoms with Crippen LogP contribution in [0.15, 0.2) is 102 Å². The number of para-hydroxylation sites is 2. The number of nitrogens with zero attached hydrogens (tertiary/aromatic N) is 3. The Labute approximate surface area is 163 Å². The molecule has 0 unspecified atom stereocenters. The van der Waals surface area contributed by atoms with Crippen molar-refractivity contribution in [1.82, 2.24) is 9.78 Å². The van der Waals surface area contributed by atoms with Crippen molar-refractivity contribution >= 4 is 17.3 Å². The van der Waals surface area contributed by atoms with Crippen molar-refractivity contribution in [1.29, 1.82) is 0 Å². The van der Waals surface area contributed by atoms with Gasteiger partial charge in [-0.1, -0.05) is 66.7 Å². The summed E-state index contributed by atoms with van der Waals surface area (Å²) in [6.07, 6.45) is 1.66. The van der Waals surface area contributed by atoms with Gasteiger partial charge in [-0.05, 0) is 29.8 Å². The maximum absolute atomic E-state index is 4.94. The van der Waals surface area contributed by atoms with Crippen molar-refractivity contribution in [3.05, 3.63) is 108 Å². The number of fused-ring (bicyclic) bond motifs is 1. The third-order valence-corrected chi connectivity index (χ3v) is 4.71. The van der Waals surface area contributed by atoms with Gasteiger partial charge in [0.2, 0.25) is 0 Å². The molecule has 5 heteroatoms. The molecule has 2 heterocycles. The molecule has 1 aliphatic heterocycles. The molecule has 1 aliphatic rings. The van der Waals surface area contributed by atoms with E-state index in [0.717, 1.165) is 34.2 Å². The van der Waals surface area contributed by atoms with Gasteiger partial charge in [0, 0.05) is 5.69 Å². The molecule has 0 radical (unpaired) electrons. The highest BCUT2D eigenvalue weighted by Gasteiger charge is 2.26. The zero-order valence-corrected chi connectivity index (χ0v) is 15.2. The predicted molar refractivity (Wildman–Crippen MR) is 113 cm³/mol. The van der Waals surface area contributed by atoms with Gasteiger partial charge < -0.3 is 10.6 Å². The third kappa shape index (κ3) is 3.03. The summed E-state index contributed by atoms with van der Waals surface area (Å²) in [6, 6.07) is 30.4. The second kappa shape index (κ2) is 7.04. The van der Waals surface area contributed by atoms with Crippen LogP contribution in [0, 0.1) is 0 Å². The van der Waals surface area contributed by atoms with Gasteiger partial charge in [0.05, 0.1) is 17.4 Å². The van der Waals surface area contributed by atoms with Crippen LogP contribution in [0.1, 0.15) is 17.3 Å². The van der Waals surface area contributed by atoms with Crippen LogP contribution >= 0.6 is 0 Å². The van der Waals surface area contributed by atoms with Crippen LogP contribution < -0.4 is 10.6 Å². The summed E-state index contributed by atoms with van der Waals surface area (Å²) in [7, 11) is 0. The molecule has 0 amide bonds. The van der Waals surface area contributed by atoms with E-state index in [4.69, 9.17) is 4.99 Å². The van der Waals surface area contributed by atoms with Gasteiger partial charge in [0.15, 0.2) is 0 Å². The molecular formula is C23H19N5. The van der Waals surface area contributed by atoms with E-state index in [1.54, 1.807) is 0 Å². The Morgan fingerprint density at radius 1 is 0.786 bits per heavy atom. The summed E-state index contributed by atoms with van der Waals surface area (Å²) in [5.41, 5.74) is 4.04. The minimum atomic E-state index is -0.195. The molecule has 2 N–H and O–H groups in total. The van der Waals surface area contributed by atoms with Gasteiger partial charge in [0.1, 0.15) is 17.8 Å². The molecular weight excluding hydrogens is 346 g/mol. The zero-order valence-electron chi connectivity index (χ0n) is 15.2. The van der Waals surface area contributed by atoms with Crippen LogP contribution in [0.5, 0.6) is 0 Å². The van der Waals surface area contributed by atoms with Gasteiger partial charge in [-0.15, -0.1) is 0 Å². The average molecular weight is 365 g/mol. The standard InChI is InChI=1S/C23H19N5/c1-4-10-17(11-5-1)21-26-22(25-18-12-6-2-7-13-18)20-16-24-28(23(20)27-21)19-14-8-3-9-15-19/h1-16,21,27H,(H,25,26)/t21-/m1/s1. The Balaban J connectivity index is 1.60. The Hall–Kier alpha value is -3.86. The summed E-state index contributed by atoms with van der Waals surface area (Å²) in [5.74, 6) is 1.73. The van der Waals surface area contributed by atoms with Crippen LogP contribution in [0.25, 0.3) is 5.69 Å². The van der Waals surface area contributed by atoms with E-state index >= 15 is 0 Å². The molecule has 4 aromatic rings. The monoisotopic (exact) mass is 365 g/mol. The van der Waals surface area contributed by atoms with E-state index in [0.29, 0.717) is 0 Å². The Morgan fingerprint density at radius 3 is 2.14 bits per heavy atom. The highest BCUT2D eigenvalue weighted by molar-refractivity contribution is 6.12. The summed E-state index contributed by atoms with van der Waals surface area (Å²) < 4.78 is 1.92. The smallest absolute Gasteiger partial charge is 0.148 e. The lowest BCUT2D eigenvalue weighted by Gasteiger charge is -2.25. The number of hydrogen-bond acceptors (Lipinski definition) is 4. The lowest BCUT2D eigenvalue weighted by atomic mass is 10.1. The molecule has 0 saturated heterocycles. The first-order valence-electron chi connectivity index (χ1n) is 9.24. The number of aromatic nitrogens is 2. The molecule has 1 aromatic heterocycles. The first-order chi connectivity index (χ1) is 13.9. The molecule has 5 rings (SSSR count). The van der Waals surface area contributed by atoms with Crippen LogP contribution in [0.2, 0.25) is 0 Å². The summed E-state index contributed by atoms with van der Waals surface area (Å²) in [5, 5.41) is 11.6. The summed E-state index contributed by atoms with van der Waals surface area (Å²) in [4.78, 5) is 4.94. The largest absolute Gasteiger partial charge is 0.344 e. The minimum absolute atomic E-state index is 0.195. The maximum atomic E-state index is 4.94. The van der Waals surface area contributed by atoms with Gasteiger partial charge in [-0.25, -0.2) is 9.67 Å². The van der Waals surface area contributed by atoms with Gasteiger partial charge in [0.25, 0.3) is 0 Å². The Bertz CT molecular complexity index is 1100. The fourth-order valence-corrected chi connectivity index (χ4v) is 3.34. The van der Waals surface area contributed by atoms with Crippen LogP contribution in [0.4, 0.5) is 11.5 Å². The normalized spacial score (nSPS) is 15.3. The van der Waals surface area contributed by atoms with E-state index in [2.05, 4.69) is 27.9 Å². The number of anilines is 2. The molecule has 5 nitrogen and oxygen atoms in total. The number of benzene rings is 3. The fraction of sp³-hybridized carbons (Fsp3) is 0.0435. The van der Waals surface area contributed by atoms with Crippen LogP contribution in [-0.2, 0) is 0 Å². The Morgan fingerprint density at radius 2 is 1.43 bits per heavy atom. The van der Waals surface area contributed by atoms with E-state index in [9.17, 15) is 0 Å². The summed E-state index contributed by atoms with van der Waals surface area (Å²) >= 11 is 0. The molecule has 1 atom stereocenters.